The van der Waals surface area contributed by atoms with Crippen LogP contribution in [-0.2, 0) is 16.3 Å². The Hall–Kier alpha value is 0.153. The van der Waals surface area contributed by atoms with Crippen molar-refractivity contribution in [2.24, 2.45) is 0 Å². The van der Waals surface area contributed by atoms with Gasteiger partial charge in [-0.25, -0.2) is 0 Å². The van der Waals surface area contributed by atoms with Gasteiger partial charge >= 0.3 is 30.0 Å². The van der Waals surface area contributed by atoms with Gasteiger partial charge < -0.3 is 4.74 Å². The molecular formula is C9H8BrClOZn. The van der Waals surface area contributed by atoms with E-state index in [4.69, 9.17) is 16.3 Å². The molecule has 0 unspecified atom stereocenters. The summed E-state index contributed by atoms with van der Waals surface area (Å²) in [5.74, 6) is 0.689. The van der Waals surface area contributed by atoms with Crippen molar-refractivity contribution >= 4 is 25.2 Å². The molecule has 1 nitrogen and oxygen atoms in total. The van der Waals surface area contributed by atoms with Crippen LogP contribution in [0.4, 0.5) is 0 Å². The molecule has 0 N–H and O–H groups in total. The second-order valence-electron chi connectivity index (χ2n) is 1.97. The molecule has 0 radical (unpaired) electrons. The van der Waals surface area contributed by atoms with E-state index in [0.29, 0.717) is 17.4 Å². The Balaban J connectivity index is 0.000000671. The fourth-order valence-corrected chi connectivity index (χ4v) is 0.748. The van der Waals surface area contributed by atoms with E-state index in [9.17, 15) is 0 Å². The monoisotopic (exact) mass is 310 g/mol. The molecule has 0 aliphatic carbocycles. The van der Waals surface area contributed by atoms with E-state index in [2.05, 4.69) is 26.3 Å². The second-order valence-corrected chi connectivity index (χ2v) is 2.41. The van der Waals surface area contributed by atoms with Crippen molar-refractivity contribution in [1.29, 1.82) is 0 Å². The van der Waals surface area contributed by atoms with Gasteiger partial charge in [0.25, 0.3) is 0 Å². The summed E-state index contributed by atoms with van der Waals surface area (Å²) in [4.78, 5) is 0. The van der Waals surface area contributed by atoms with Crippen molar-refractivity contribution in [3.8, 4) is 5.75 Å². The van der Waals surface area contributed by atoms with Crippen LogP contribution in [0.3, 0.4) is 0 Å². The van der Waals surface area contributed by atoms with Crippen LogP contribution in [0.25, 0.3) is 0 Å². The van der Waals surface area contributed by atoms with Gasteiger partial charge in [0.1, 0.15) is 6.61 Å². The fourth-order valence-electron chi connectivity index (χ4n) is 0.630. The first-order valence-electron chi connectivity index (χ1n) is 3.50. The zero-order valence-electron chi connectivity index (χ0n) is 7.09. The standard InChI is InChI=1S/C9H8ClO.BrH.Zn/c1-2-7-11-9-5-3-8(10)4-6-9;;/h2-5H,1,7H2;1H;/q-1;;+2/p-1. The number of ether oxygens (including phenoxy) is 1. The van der Waals surface area contributed by atoms with Crippen LogP contribution in [0.5, 0.6) is 5.75 Å². The summed E-state index contributed by atoms with van der Waals surface area (Å²) in [5.41, 5.74) is 0. The van der Waals surface area contributed by atoms with Gasteiger partial charge in [0.15, 0.2) is 0 Å². The van der Waals surface area contributed by atoms with Crippen molar-refractivity contribution in [1.82, 2.24) is 0 Å². The Labute approximate surface area is 100 Å². The van der Waals surface area contributed by atoms with Crippen LogP contribution in [0.15, 0.2) is 30.9 Å². The maximum absolute atomic E-state index is 5.64. The average molecular weight is 313 g/mol. The summed E-state index contributed by atoms with van der Waals surface area (Å²) < 4.78 is 5.18. The molecule has 13 heavy (non-hydrogen) atoms. The Morgan fingerprint density at radius 3 is 2.77 bits per heavy atom. The Kier molecular flexibility index (Phi) is 8.84. The number of hydrogen-bond acceptors (Lipinski definition) is 1. The summed E-state index contributed by atoms with van der Waals surface area (Å²) >= 11 is 9.89. The fraction of sp³-hybridized carbons (Fsp3) is 0.111. The van der Waals surface area contributed by atoms with E-state index in [0.717, 1.165) is 0 Å². The van der Waals surface area contributed by atoms with Crippen LogP contribution in [0.2, 0.25) is 5.02 Å². The summed E-state index contributed by atoms with van der Waals surface area (Å²) in [6.45, 7) is 4.03. The molecule has 1 aromatic carbocycles. The van der Waals surface area contributed by atoms with Crippen LogP contribution in [0.1, 0.15) is 0 Å². The van der Waals surface area contributed by atoms with E-state index in [1.165, 1.54) is 16.3 Å². The molecular weight excluding hydrogens is 305 g/mol. The molecule has 0 saturated carbocycles. The molecule has 0 saturated heterocycles. The molecule has 4 heteroatoms. The van der Waals surface area contributed by atoms with Crippen molar-refractivity contribution < 1.29 is 21.1 Å². The van der Waals surface area contributed by atoms with Crippen LogP contribution >= 0.6 is 25.2 Å². The van der Waals surface area contributed by atoms with Gasteiger partial charge in [0, 0.05) is 5.75 Å². The first kappa shape index (κ1) is 13.2. The third-order valence-electron chi connectivity index (χ3n) is 1.10. The van der Waals surface area contributed by atoms with Gasteiger partial charge in [-0.1, -0.05) is 17.7 Å². The van der Waals surface area contributed by atoms with Gasteiger partial charge in [-0.15, -0.1) is 12.1 Å². The first-order valence-corrected chi connectivity index (χ1v) is 10.8. The SMILES string of the molecule is C=CCOc1[c-]cc(Cl)cc1.[Zn+][Br]. The molecule has 0 heterocycles. The predicted octanol–water partition coefficient (Wildman–Crippen LogP) is 3.55. The number of rotatable bonds is 3. The summed E-state index contributed by atoms with van der Waals surface area (Å²) in [6, 6.07) is 8.07. The van der Waals surface area contributed by atoms with Crippen molar-refractivity contribution in [3.63, 3.8) is 0 Å². The molecule has 0 aliphatic heterocycles. The predicted molar refractivity (Wildman–Crippen MR) is 54.9 cm³/mol. The summed E-state index contributed by atoms with van der Waals surface area (Å²) in [7, 11) is 0. The maximum atomic E-state index is 5.64. The van der Waals surface area contributed by atoms with Crippen molar-refractivity contribution in [2.45, 2.75) is 0 Å². The molecule has 0 aliphatic rings. The quantitative estimate of drug-likeness (QED) is 0.471. The van der Waals surface area contributed by atoms with E-state index in [1.807, 2.05) is 0 Å². The molecule has 0 atom stereocenters. The van der Waals surface area contributed by atoms with Crippen LogP contribution < -0.4 is 4.74 Å². The number of hydrogen-bond donors (Lipinski definition) is 0. The molecule has 0 bridgehead atoms. The Bertz CT molecular complexity index is 238. The van der Waals surface area contributed by atoms with E-state index < -0.39 is 0 Å². The Morgan fingerprint density at radius 2 is 2.31 bits per heavy atom. The molecule has 66 valence electrons. The minimum atomic E-state index is 0.498. The van der Waals surface area contributed by atoms with Gasteiger partial charge in [-0.3, -0.25) is 0 Å². The van der Waals surface area contributed by atoms with E-state index in [-0.39, 0.29) is 0 Å². The van der Waals surface area contributed by atoms with Gasteiger partial charge in [-0.2, -0.15) is 23.7 Å². The van der Waals surface area contributed by atoms with Crippen LogP contribution in [-0.4, -0.2) is 6.61 Å². The minimum absolute atomic E-state index is 0.498. The molecule has 1 aromatic rings. The van der Waals surface area contributed by atoms with E-state index in [1.54, 1.807) is 24.3 Å². The second kappa shape index (κ2) is 8.74. The van der Waals surface area contributed by atoms with Crippen LogP contribution in [0, 0.1) is 6.07 Å². The zero-order valence-corrected chi connectivity index (χ0v) is 12.4. The third kappa shape index (κ3) is 6.25. The normalized spacial score (nSPS) is 8.31. The van der Waals surface area contributed by atoms with Gasteiger partial charge in [-0.05, 0) is 0 Å². The van der Waals surface area contributed by atoms with Crippen molar-refractivity contribution in [3.05, 3.63) is 41.9 Å². The summed E-state index contributed by atoms with van der Waals surface area (Å²) in [5, 5.41) is 0.663. The summed E-state index contributed by atoms with van der Waals surface area (Å²) in [6.07, 6.45) is 1.68. The Morgan fingerprint density at radius 1 is 1.62 bits per heavy atom. The topological polar surface area (TPSA) is 9.23 Å². The molecule has 0 amide bonds. The molecule has 0 spiro atoms. The average Bonchev–Trinajstić information content (AvgIpc) is 2.20. The van der Waals surface area contributed by atoms with Gasteiger partial charge in [0.05, 0.1) is 0 Å². The molecule has 1 rings (SSSR count). The third-order valence-corrected chi connectivity index (χ3v) is 1.34. The number of benzene rings is 1. The number of halogens is 2. The molecule has 0 aromatic heterocycles. The van der Waals surface area contributed by atoms with Gasteiger partial charge in [0.2, 0.25) is 0 Å². The van der Waals surface area contributed by atoms with E-state index >= 15 is 0 Å². The molecule has 0 fully saturated rings. The zero-order chi connectivity index (χ0) is 10.1. The van der Waals surface area contributed by atoms with Crippen molar-refractivity contribution in [2.75, 3.05) is 6.61 Å². The first-order chi connectivity index (χ1) is 6.33.